The Morgan fingerprint density at radius 3 is 2.78 bits per heavy atom. The SMILES string of the molecule is COc1cccc(CNc2cccc(C(=O)N3CCCC3)c2)n1. The van der Waals surface area contributed by atoms with Crippen LogP contribution in [-0.4, -0.2) is 36.0 Å². The summed E-state index contributed by atoms with van der Waals surface area (Å²) in [4.78, 5) is 18.7. The second kappa shape index (κ2) is 7.13. The average molecular weight is 311 g/mol. The van der Waals surface area contributed by atoms with Gasteiger partial charge in [0.2, 0.25) is 5.88 Å². The highest BCUT2D eigenvalue weighted by Crippen LogP contribution is 2.17. The maximum atomic E-state index is 12.4. The van der Waals surface area contributed by atoms with Crippen LogP contribution in [0.15, 0.2) is 42.5 Å². The summed E-state index contributed by atoms with van der Waals surface area (Å²) >= 11 is 0. The maximum absolute atomic E-state index is 12.4. The van der Waals surface area contributed by atoms with E-state index in [-0.39, 0.29) is 5.91 Å². The van der Waals surface area contributed by atoms with E-state index in [0.717, 1.165) is 42.9 Å². The Hall–Kier alpha value is -2.56. The zero-order valence-electron chi connectivity index (χ0n) is 13.3. The van der Waals surface area contributed by atoms with Crippen molar-refractivity contribution in [1.82, 2.24) is 9.88 Å². The van der Waals surface area contributed by atoms with Crippen LogP contribution in [0.2, 0.25) is 0 Å². The molecule has 5 nitrogen and oxygen atoms in total. The number of nitrogens with zero attached hydrogens (tertiary/aromatic N) is 2. The molecule has 0 saturated carbocycles. The predicted octanol–water partition coefficient (Wildman–Crippen LogP) is 2.94. The largest absolute Gasteiger partial charge is 0.481 e. The second-order valence-electron chi connectivity index (χ2n) is 5.60. The Kier molecular flexibility index (Phi) is 4.76. The fourth-order valence-corrected chi connectivity index (χ4v) is 2.73. The molecule has 23 heavy (non-hydrogen) atoms. The molecule has 2 aromatic rings. The molecule has 1 aliphatic heterocycles. The Morgan fingerprint density at radius 2 is 2.00 bits per heavy atom. The first-order chi connectivity index (χ1) is 11.3. The molecular formula is C18H21N3O2. The topological polar surface area (TPSA) is 54.5 Å². The summed E-state index contributed by atoms with van der Waals surface area (Å²) in [5.41, 5.74) is 2.54. The summed E-state index contributed by atoms with van der Waals surface area (Å²) in [6, 6.07) is 13.3. The Labute approximate surface area is 136 Å². The molecule has 1 N–H and O–H groups in total. The summed E-state index contributed by atoms with van der Waals surface area (Å²) in [5, 5.41) is 3.31. The average Bonchev–Trinajstić information content (AvgIpc) is 3.14. The lowest BCUT2D eigenvalue weighted by atomic mass is 10.1. The number of amides is 1. The third kappa shape index (κ3) is 3.80. The Balaban J connectivity index is 1.66. The van der Waals surface area contributed by atoms with Gasteiger partial charge in [0.25, 0.3) is 5.91 Å². The number of likely N-dealkylation sites (tertiary alicyclic amines) is 1. The van der Waals surface area contributed by atoms with Crippen LogP contribution in [-0.2, 0) is 6.54 Å². The number of nitrogens with one attached hydrogen (secondary N) is 1. The second-order valence-corrected chi connectivity index (χ2v) is 5.60. The first-order valence-corrected chi connectivity index (χ1v) is 7.89. The molecular weight excluding hydrogens is 290 g/mol. The molecule has 2 heterocycles. The van der Waals surface area contributed by atoms with Crippen LogP contribution in [0.25, 0.3) is 0 Å². The predicted molar refractivity (Wildman–Crippen MR) is 89.7 cm³/mol. The van der Waals surface area contributed by atoms with Gasteiger partial charge in [0.15, 0.2) is 0 Å². The fourth-order valence-electron chi connectivity index (χ4n) is 2.73. The van der Waals surface area contributed by atoms with Gasteiger partial charge in [0.1, 0.15) is 0 Å². The van der Waals surface area contributed by atoms with Crippen LogP contribution in [0.5, 0.6) is 5.88 Å². The smallest absolute Gasteiger partial charge is 0.253 e. The first-order valence-electron chi connectivity index (χ1n) is 7.89. The highest BCUT2D eigenvalue weighted by atomic mass is 16.5. The number of carbonyl (C=O) groups excluding carboxylic acids is 1. The molecule has 0 atom stereocenters. The molecule has 120 valence electrons. The zero-order valence-corrected chi connectivity index (χ0v) is 13.3. The highest BCUT2D eigenvalue weighted by molar-refractivity contribution is 5.95. The molecule has 1 fully saturated rings. The van der Waals surface area contributed by atoms with Crippen LogP contribution in [0.4, 0.5) is 5.69 Å². The molecule has 1 aromatic heterocycles. The van der Waals surface area contributed by atoms with Gasteiger partial charge in [-0.05, 0) is 37.1 Å². The van der Waals surface area contributed by atoms with Crippen LogP contribution in [0.1, 0.15) is 28.9 Å². The minimum Gasteiger partial charge on any atom is -0.481 e. The van der Waals surface area contributed by atoms with Crippen LogP contribution >= 0.6 is 0 Å². The molecule has 3 rings (SSSR count). The lowest BCUT2D eigenvalue weighted by molar-refractivity contribution is 0.0793. The monoisotopic (exact) mass is 311 g/mol. The van der Waals surface area contributed by atoms with Crippen molar-refractivity contribution in [3.05, 3.63) is 53.7 Å². The van der Waals surface area contributed by atoms with Gasteiger partial charge in [-0.1, -0.05) is 12.1 Å². The number of pyridine rings is 1. The number of ether oxygens (including phenoxy) is 1. The normalized spacial score (nSPS) is 13.9. The van der Waals surface area contributed by atoms with Gasteiger partial charge < -0.3 is 15.0 Å². The van der Waals surface area contributed by atoms with E-state index >= 15 is 0 Å². The van der Waals surface area contributed by atoms with E-state index in [9.17, 15) is 4.79 Å². The number of hydrogen-bond acceptors (Lipinski definition) is 4. The summed E-state index contributed by atoms with van der Waals surface area (Å²) in [7, 11) is 1.60. The first kappa shape index (κ1) is 15.3. The fraction of sp³-hybridized carbons (Fsp3) is 0.333. The van der Waals surface area contributed by atoms with Crippen LogP contribution < -0.4 is 10.1 Å². The quantitative estimate of drug-likeness (QED) is 0.922. The number of benzene rings is 1. The van der Waals surface area contributed by atoms with E-state index in [2.05, 4.69) is 10.3 Å². The van der Waals surface area contributed by atoms with Crippen molar-refractivity contribution in [2.24, 2.45) is 0 Å². The summed E-state index contributed by atoms with van der Waals surface area (Å²) < 4.78 is 5.13. The zero-order chi connectivity index (χ0) is 16.1. The van der Waals surface area contributed by atoms with Gasteiger partial charge in [0.05, 0.1) is 19.3 Å². The van der Waals surface area contributed by atoms with Crippen molar-refractivity contribution in [1.29, 1.82) is 0 Å². The molecule has 1 saturated heterocycles. The molecule has 0 aliphatic carbocycles. The molecule has 0 spiro atoms. The number of aromatic nitrogens is 1. The molecule has 0 bridgehead atoms. The van der Waals surface area contributed by atoms with E-state index in [4.69, 9.17) is 4.74 Å². The number of carbonyl (C=O) groups is 1. The van der Waals surface area contributed by atoms with Gasteiger partial charge in [-0.3, -0.25) is 4.79 Å². The van der Waals surface area contributed by atoms with E-state index < -0.39 is 0 Å². The number of anilines is 1. The molecule has 1 amide bonds. The highest BCUT2D eigenvalue weighted by Gasteiger charge is 2.19. The van der Waals surface area contributed by atoms with Gasteiger partial charge in [-0.25, -0.2) is 4.98 Å². The summed E-state index contributed by atoms with van der Waals surface area (Å²) in [5.74, 6) is 0.716. The third-order valence-electron chi connectivity index (χ3n) is 3.97. The standard InChI is InChI=1S/C18H21N3O2/c1-23-17-9-5-8-16(20-17)13-19-15-7-4-6-14(12-15)18(22)21-10-2-3-11-21/h4-9,12,19H,2-3,10-11,13H2,1H3. The minimum absolute atomic E-state index is 0.116. The van der Waals surface area contributed by atoms with Crippen LogP contribution in [0, 0.1) is 0 Å². The van der Waals surface area contributed by atoms with Crippen molar-refractivity contribution in [3.63, 3.8) is 0 Å². The number of hydrogen-bond donors (Lipinski definition) is 1. The van der Waals surface area contributed by atoms with Crippen molar-refractivity contribution in [2.75, 3.05) is 25.5 Å². The minimum atomic E-state index is 0.116. The summed E-state index contributed by atoms with van der Waals surface area (Å²) in [6.45, 7) is 2.31. The van der Waals surface area contributed by atoms with E-state index in [1.54, 1.807) is 7.11 Å². The van der Waals surface area contributed by atoms with E-state index in [1.165, 1.54) is 0 Å². The lowest BCUT2D eigenvalue weighted by Crippen LogP contribution is -2.27. The molecule has 0 radical (unpaired) electrons. The van der Waals surface area contributed by atoms with Gasteiger partial charge in [-0.15, -0.1) is 0 Å². The molecule has 5 heteroatoms. The molecule has 1 aromatic carbocycles. The molecule has 1 aliphatic rings. The van der Waals surface area contributed by atoms with Gasteiger partial charge in [0, 0.05) is 30.4 Å². The van der Waals surface area contributed by atoms with Crippen LogP contribution in [0.3, 0.4) is 0 Å². The van der Waals surface area contributed by atoms with Gasteiger partial charge in [-0.2, -0.15) is 0 Å². The Morgan fingerprint density at radius 1 is 1.22 bits per heavy atom. The lowest BCUT2D eigenvalue weighted by Gasteiger charge is -2.16. The molecule has 0 unspecified atom stereocenters. The van der Waals surface area contributed by atoms with E-state index in [0.29, 0.717) is 12.4 Å². The van der Waals surface area contributed by atoms with Gasteiger partial charge >= 0.3 is 0 Å². The third-order valence-corrected chi connectivity index (χ3v) is 3.97. The number of methoxy groups -OCH3 is 1. The van der Waals surface area contributed by atoms with Crippen molar-refractivity contribution >= 4 is 11.6 Å². The summed E-state index contributed by atoms with van der Waals surface area (Å²) in [6.07, 6.45) is 2.20. The van der Waals surface area contributed by atoms with Crippen molar-refractivity contribution in [2.45, 2.75) is 19.4 Å². The maximum Gasteiger partial charge on any atom is 0.253 e. The number of rotatable bonds is 5. The van der Waals surface area contributed by atoms with E-state index in [1.807, 2.05) is 47.4 Å². The van der Waals surface area contributed by atoms with Crippen molar-refractivity contribution in [3.8, 4) is 5.88 Å². The Bertz CT molecular complexity index is 681. The van der Waals surface area contributed by atoms with Crippen molar-refractivity contribution < 1.29 is 9.53 Å².